The van der Waals surface area contributed by atoms with Gasteiger partial charge in [-0.3, -0.25) is 4.79 Å². The molecular formula is C23H23NO2. The van der Waals surface area contributed by atoms with Gasteiger partial charge in [-0.1, -0.05) is 60.7 Å². The molecule has 0 heterocycles. The Hall–Kier alpha value is -3.07. The topological polar surface area (TPSA) is 38.3 Å². The number of carbonyl (C=O) groups excluding carboxylic acids is 1. The van der Waals surface area contributed by atoms with Gasteiger partial charge in [0.15, 0.2) is 0 Å². The van der Waals surface area contributed by atoms with Crippen LogP contribution >= 0.6 is 0 Å². The molecule has 0 radical (unpaired) electrons. The molecule has 132 valence electrons. The summed E-state index contributed by atoms with van der Waals surface area (Å²) in [5.41, 5.74) is 2.86. The third kappa shape index (κ3) is 3.33. The molecule has 0 unspecified atom stereocenters. The summed E-state index contributed by atoms with van der Waals surface area (Å²) in [4.78, 5) is 13.4. The summed E-state index contributed by atoms with van der Waals surface area (Å²) in [5, 5.41) is 3.10. The molecule has 0 saturated carbocycles. The minimum absolute atomic E-state index is 0.0665. The molecule has 3 heteroatoms. The zero-order chi connectivity index (χ0) is 18.6. The number of hydrogen-bond donors (Lipinski definition) is 1. The number of ether oxygens (including phenoxy) is 1. The average molecular weight is 345 g/mol. The van der Waals surface area contributed by atoms with E-state index in [0.717, 1.165) is 28.1 Å². The van der Waals surface area contributed by atoms with Gasteiger partial charge in [-0.25, -0.2) is 0 Å². The van der Waals surface area contributed by atoms with E-state index in [1.54, 1.807) is 7.11 Å². The lowest BCUT2D eigenvalue weighted by Crippen LogP contribution is -2.38. The second-order valence-corrected chi connectivity index (χ2v) is 6.49. The fourth-order valence-corrected chi connectivity index (χ4v) is 3.12. The zero-order valence-corrected chi connectivity index (χ0v) is 15.3. The van der Waals surface area contributed by atoms with Gasteiger partial charge in [-0.2, -0.15) is 0 Å². The molecule has 0 aromatic heterocycles. The molecule has 0 bridgehead atoms. The van der Waals surface area contributed by atoms with Crippen LogP contribution in [0.25, 0.3) is 0 Å². The van der Waals surface area contributed by atoms with E-state index in [9.17, 15) is 4.79 Å². The molecule has 3 nitrogen and oxygen atoms in total. The average Bonchev–Trinajstić information content (AvgIpc) is 2.70. The van der Waals surface area contributed by atoms with Crippen LogP contribution in [0, 0.1) is 6.92 Å². The van der Waals surface area contributed by atoms with Crippen molar-refractivity contribution in [3.05, 3.63) is 95.6 Å². The maximum Gasteiger partial charge on any atom is 0.239 e. The van der Waals surface area contributed by atoms with Gasteiger partial charge < -0.3 is 10.1 Å². The van der Waals surface area contributed by atoms with Crippen LogP contribution < -0.4 is 10.1 Å². The molecule has 0 saturated heterocycles. The van der Waals surface area contributed by atoms with Gasteiger partial charge in [-0.15, -0.1) is 0 Å². The standard InChI is InChI=1S/C23H23NO2/c1-17-16-20(26-3)14-15-21(17)24-22(25)23(2,18-10-6-4-7-11-18)19-12-8-5-9-13-19/h4-16H,1-3H3,(H,24,25). The van der Waals surface area contributed by atoms with Crippen LogP contribution in [0.2, 0.25) is 0 Å². The zero-order valence-electron chi connectivity index (χ0n) is 15.3. The number of nitrogens with one attached hydrogen (secondary N) is 1. The normalized spacial score (nSPS) is 11.0. The molecular weight excluding hydrogens is 322 g/mol. The van der Waals surface area contributed by atoms with E-state index in [1.165, 1.54) is 0 Å². The van der Waals surface area contributed by atoms with E-state index in [0.29, 0.717) is 0 Å². The van der Waals surface area contributed by atoms with Gasteiger partial charge in [0.2, 0.25) is 5.91 Å². The highest BCUT2D eigenvalue weighted by atomic mass is 16.5. The molecule has 0 aliphatic heterocycles. The number of anilines is 1. The molecule has 0 atom stereocenters. The van der Waals surface area contributed by atoms with Gasteiger partial charge in [0.25, 0.3) is 0 Å². The molecule has 0 aliphatic rings. The fraction of sp³-hybridized carbons (Fsp3) is 0.174. The summed E-state index contributed by atoms with van der Waals surface area (Å²) in [6.07, 6.45) is 0. The van der Waals surface area contributed by atoms with Crippen LogP contribution in [-0.4, -0.2) is 13.0 Å². The van der Waals surface area contributed by atoms with Crippen LogP contribution in [-0.2, 0) is 10.2 Å². The SMILES string of the molecule is COc1ccc(NC(=O)C(C)(c2ccccc2)c2ccccc2)c(C)c1. The Labute approximate surface area is 154 Å². The number of methoxy groups -OCH3 is 1. The largest absolute Gasteiger partial charge is 0.497 e. The monoisotopic (exact) mass is 345 g/mol. The van der Waals surface area contributed by atoms with Crippen LogP contribution in [0.3, 0.4) is 0 Å². The van der Waals surface area contributed by atoms with Crippen molar-refractivity contribution in [3.8, 4) is 5.75 Å². The number of hydrogen-bond acceptors (Lipinski definition) is 2. The van der Waals surface area contributed by atoms with Crippen molar-refractivity contribution in [2.75, 3.05) is 12.4 Å². The second-order valence-electron chi connectivity index (χ2n) is 6.49. The molecule has 3 rings (SSSR count). The number of aryl methyl sites for hydroxylation is 1. The highest BCUT2D eigenvalue weighted by Crippen LogP contribution is 2.34. The van der Waals surface area contributed by atoms with Gasteiger partial charge in [-0.05, 0) is 48.7 Å². The number of carbonyl (C=O) groups is 1. The Kier molecular flexibility index (Phi) is 5.08. The maximum atomic E-state index is 13.4. The fourth-order valence-electron chi connectivity index (χ4n) is 3.12. The lowest BCUT2D eigenvalue weighted by atomic mass is 9.75. The van der Waals surface area contributed by atoms with Crippen molar-refractivity contribution >= 4 is 11.6 Å². The summed E-state index contributed by atoms with van der Waals surface area (Å²) < 4.78 is 5.25. The minimum Gasteiger partial charge on any atom is -0.497 e. The molecule has 3 aromatic rings. The van der Waals surface area contributed by atoms with Gasteiger partial charge in [0.1, 0.15) is 5.75 Å². The van der Waals surface area contributed by atoms with Crippen LogP contribution in [0.15, 0.2) is 78.9 Å². The molecule has 0 fully saturated rings. The van der Waals surface area contributed by atoms with Gasteiger partial charge >= 0.3 is 0 Å². The molecule has 0 aliphatic carbocycles. The summed E-state index contributed by atoms with van der Waals surface area (Å²) in [6, 6.07) is 25.4. The van der Waals surface area contributed by atoms with E-state index in [1.807, 2.05) is 92.7 Å². The number of amides is 1. The smallest absolute Gasteiger partial charge is 0.239 e. The lowest BCUT2D eigenvalue weighted by Gasteiger charge is -2.30. The molecule has 0 spiro atoms. The summed E-state index contributed by atoms with van der Waals surface area (Å²) in [5.74, 6) is 0.706. The van der Waals surface area contributed by atoms with Crippen molar-refractivity contribution in [2.24, 2.45) is 0 Å². The van der Waals surface area contributed by atoms with Crippen molar-refractivity contribution < 1.29 is 9.53 Å². The molecule has 3 aromatic carbocycles. The van der Waals surface area contributed by atoms with Crippen molar-refractivity contribution in [1.29, 1.82) is 0 Å². The Bertz CT molecular complexity index is 849. The third-order valence-corrected chi connectivity index (χ3v) is 4.84. The quantitative estimate of drug-likeness (QED) is 0.710. The first-order chi connectivity index (χ1) is 12.6. The van der Waals surface area contributed by atoms with E-state index < -0.39 is 5.41 Å². The van der Waals surface area contributed by atoms with Crippen LogP contribution in [0.5, 0.6) is 5.75 Å². The summed E-state index contributed by atoms with van der Waals surface area (Å²) in [7, 11) is 1.63. The molecule has 1 N–H and O–H groups in total. The highest BCUT2D eigenvalue weighted by molar-refractivity contribution is 6.02. The predicted molar refractivity (Wildman–Crippen MR) is 106 cm³/mol. The first kappa shape index (κ1) is 17.7. The van der Waals surface area contributed by atoms with Gasteiger partial charge in [0.05, 0.1) is 12.5 Å². The molecule has 26 heavy (non-hydrogen) atoms. The van der Waals surface area contributed by atoms with Crippen LogP contribution in [0.1, 0.15) is 23.6 Å². The first-order valence-electron chi connectivity index (χ1n) is 8.63. The summed E-state index contributed by atoms with van der Waals surface area (Å²) >= 11 is 0. The van der Waals surface area contributed by atoms with Crippen molar-refractivity contribution in [2.45, 2.75) is 19.3 Å². The maximum absolute atomic E-state index is 13.4. The van der Waals surface area contributed by atoms with Crippen molar-refractivity contribution in [1.82, 2.24) is 0 Å². The molecule has 1 amide bonds. The predicted octanol–water partition coefficient (Wildman–Crippen LogP) is 4.95. The highest BCUT2D eigenvalue weighted by Gasteiger charge is 2.37. The number of rotatable bonds is 5. The minimum atomic E-state index is -0.797. The van der Waals surface area contributed by atoms with Gasteiger partial charge in [0, 0.05) is 5.69 Å². The van der Waals surface area contributed by atoms with E-state index in [2.05, 4.69) is 5.32 Å². The first-order valence-corrected chi connectivity index (χ1v) is 8.63. The van der Waals surface area contributed by atoms with E-state index >= 15 is 0 Å². The summed E-state index contributed by atoms with van der Waals surface area (Å²) in [6.45, 7) is 3.92. The second kappa shape index (κ2) is 7.44. The Morgan fingerprint density at radius 2 is 1.42 bits per heavy atom. The lowest BCUT2D eigenvalue weighted by molar-refractivity contribution is -0.119. The Morgan fingerprint density at radius 3 is 1.88 bits per heavy atom. The van der Waals surface area contributed by atoms with E-state index in [-0.39, 0.29) is 5.91 Å². The van der Waals surface area contributed by atoms with E-state index in [4.69, 9.17) is 4.74 Å². The number of benzene rings is 3. The van der Waals surface area contributed by atoms with Crippen molar-refractivity contribution in [3.63, 3.8) is 0 Å². The third-order valence-electron chi connectivity index (χ3n) is 4.84. The Balaban J connectivity index is 2.01. The Morgan fingerprint density at radius 1 is 0.885 bits per heavy atom. The van der Waals surface area contributed by atoms with Crippen LogP contribution in [0.4, 0.5) is 5.69 Å².